The van der Waals surface area contributed by atoms with Crippen molar-refractivity contribution in [1.29, 1.82) is 0 Å². The second kappa shape index (κ2) is 5.41. The first kappa shape index (κ1) is 14.8. The predicted octanol–water partition coefficient (Wildman–Crippen LogP) is 3.56. The van der Waals surface area contributed by atoms with Gasteiger partial charge in [0, 0.05) is 18.0 Å². The molecule has 0 spiro atoms. The zero-order valence-corrected chi connectivity index (χ0v) is 13.5. The Balaban J connectivity index is 2.28. The summed E-state index contributed by atoms with van der Waals surface area (Å²) in [6, 6.07) is 0.550. The summed E-state index contributed by atoms with van der Waals surface area (Å²) in [4.78, 5) is 8.27. The number of piperidine rings is 1. The first-order valence-electron chi connectivity index (χ1n) is 7.20. The summed E-state index contributed by atoms with van der Waals surface area (Å²) in [5.41, 5.74) is 1.06. The monoisotopic (exact) mass is 282 g/mol. The molecule has 1 aromatic heterocycles. The summed E-state index contributed by atoms with van der Waals surface area (Å²) in [5, 5.41) is 10.6. The fourth-order valence-electron chi connectivity index (χ4n) is 2.85. The lowest BCUT2D eigenvalue weighted by Gasteiger charge is -2.36. The van der Waals surface area contributed by atoms with Crippen LogP contribution < -0.4 is 4.90 Å². The summed E-state index contributed by atoms with van der Waals surface area (Å²) < 4.78 is 0. The largest absolute Gasteiger partial charge is 0.391 e. The number of hydrogen-bond acceptors (Lipinski definition) is 4. The highest BCUT2D eigenvalue weighted by atomic mass is 32.1. The van der Waals surface area contributed by atoms with Gasteiger partial charge in [-0.2, -0.15) is 0 Å². The van der Waals surface area contributed by atoms with E-state index in [4.69, 9.17) is 4.98 Å². The second-order valence-electron chi connectivity index (χ2n) is 6.85. The van der Waals surface area contributed by atoms with E-state index >= 15 is 0 Å². The molecule has 0 bridgehead atoms. The van der Waals surface area contributed by atoms with Gasteiger partial charge in [-0.25, -0.2) is 4.98 Å². The Hall–Kier alpha value is -0.610. The first-order chi connectivity index (χ1) is 8.82. The third-order valence-corrected chi connectivity index (χ3v) is 5.00. The highest BCUT2D eigenvalue weighted by Crippen LogP contribution is 2.36. The molecule has 1 aliphatic heterocycles. The van der Waals surface area contributed by atoms with E-state index in [2.05, 4.69) is 39.5 Å². The van der Waals surface area contributed by atoms with Gasteiger partial charge in [0.05, 0.1) is 17.2 Å². The van der Waals surface area contributed by atoms with Gasteiger partial charge in [-0.3, -0.25) is 0 Å². The summed E-state index contributed by atoms with van der Waals surface area (Å²) in [7, 11) is 0. The highest BCUT2D eigenvalue weighted by molar-refractivity contribution is 7.15. The first-order valence-corrected chi connectivity index (χ1v) is 8.02. The Morgan fingerprint density at radius 1 is 1.37 bits per heavy atom. The van der Waals surface area contributed by atoms with E-state index in [-0.39, 0.29) is 12.0 Å². The van der Waals surface area contributed by atoms with Crippen molar-refractivity contribution in [3.8, 4) is 0 Å². The molecule has 0 radical (unpaired) electrons. The average molecular weight is 282 g/mol. The van der Waals surface area contributed by atoms with Crippen LogP contribution >= 0.6 is 11.3 Å². The summed E-state index contributed by atoms with van der Waals surface area (Å²) in [5.74, 6) is 0.811. The summed E-state index contributed by atoms with van der Waals surface area (Å²) in [6.07, 6.45) is 2.47. The van der Waals surface area contributed by atoms with Crippen LogP contribution in [-0.2, 0) is 12.0 Å². The minimum absolute atomic E-state index is 0.000863. The predicted molar refractivity (Wildman–Crippen MR) is 81.9 cm³/mol. The lowest BCUT2D eigenvalue weighted by Crippen LogP contribution is -2.40. The van der Waals surface area contributed by atoms with Gasteiger partial charge in [-0.05, 0) is 25.7 Å². The van der Waals surface area contributed by atoms with Gasteiger partial charge in [0.1, 0.15) is 0 Å². The summed E-state index contributed by atoms with van der Waals surface area (Å²) >= 11 is 1.66. The molecule has 2 unspecified atom stereocenters. The van der Waals surface area contributed by atoms with Gasteiger partial charge in [0.25, 0.3) is 0 Å². The topological polar surface area (TPSA) is 36.4 Å². The van der Waals surface area contributed by atoms with Crippen molar-refractivity contribution in [1.82, 2.24) is 4.98 Å². The molecule has 1 saturated heterocycles. The van der Waals surface area contributed by atoms with Crippen molar-refractivity contribution in [2.45, 2.75) is 65.5 Å². The zero-order valence-electron chi connectivity index (χ0n) is 12.7. The van der Waals surface area contributed by atoms with Crippen LogP contribution in [0.25, 0.3) is 0 Å². The highest BCUT2D eigenvalue weighted by Gasteiger charge is 2.29. The Kier molecular flexibility index (Phi) is 4.21. The molecule has 1 aliphatic rings. The number of aliphatic hydroxyl groups is 1. The van der Waals surface area contributed by atoms with E-state index < -0.39 is 0 Å². The molecule has 19 heavy (non-hydrogen) atoms. The van der Waals surface area contributed by atoms with Gasteiger partial charge in [-0.1, -0.05) is 39.0 Å². The maximum atomic E-state index is 9.55. The minimum atomic E-state index is -0.000863. The van der Waals surface area contributed by atoms with E-state index in [1.165, 1.54) is 12.8 Å². The van der Waals surface area contributed by atoms with Crippen LogP contribution in [-0.4, -0.2) is 22.7 Å². The Morgan fingerprint density at radius 2 is 2.05 bits per heavy atom. The Bertz CT molecular complexity index is 436. The smallest absolute Gasteiger partial charge is 0.186 e. The maximum Gasteiger partial charge on any atom is 0.186 e. The van der Waals surface area contributed by atoms with E-state index in [0.29, 0.717) is 6.04 Å². The second-order valence-corrected chi connectivity index (χ2v) is 7.91. The molecule has 3 nitrogen and oxygen atoms in total. The number of aromatic nitrogens is 1. The average Bonchev–Trinajstić information content (AvgIpc) is 2.72. The van der Waals surface area contributed by atoms with Crippen molar-refractivity contribution in [3.05, 3.63) is 10.6 Å². The van der Waals surface area contributed by atoms with Crippen LogP contribution in [0.4, 0.5) is 5.13 Å². The lowest BCUT2D eigenvalue weighted by atomic mass is 9.91. The van der Waals surface area contributed by atoms with E-state index in [0.717, 1.165) is 28.2 Å². The van der Waals surface area contributed by atoms with Gasteiger partial charge in [0.15, 0.2) is 5.13 Å². The van der Waals surface area contributed by atoms with Crippen molar-refractivity contribution < 1.29 is 5.11 Å². The molecule has 2 atom stereocenters. The zero-order chi connectivity index (χ0) is 14.2. The molecule has 0 aromatic carbocycles. The quantitative estimate of drug-likeness (QED) is 0.901. The fourth-order valence-corrected chi connectivity index (χ4v) is 4.11. The number of rotatable bonds is 2. The number of nitrogens with zero attached hydrogens (tertiary/aromatic N) is 2. The molecule has 1 N–H and O–H groups in total. The molecular formula is C15H26N2OS. The SMILES string of the molecule is CC1CCN(c2nc(C(C)(C)C)c(CO)s2)C(C)C1. The minimum Gasteiger partial charge on any atom is -0.391 e. The Labute approximate surface area is 120 Å². The van der Waals surface area contributed by atoms with Crippen molar-refractivity contribution in [2.75, 3.05) is 11.4 Å². The van der Waals surface area contributed by atoms with Gasteiger partial charge >= 0.3 is 0 Å². The Morgan fingerprint density at radius 3 is 2.53 bits per heavy atom. The van der Waals surface area contributed by atoms with Crippen LogP contribution in [0.5, 0.6) is 0 Å². The summed E-state index contributed by atoms with van der Waals surface area (Å²) in [6.45, 7) is 12.3. The van der Waals surface area contributed by atoms with Crippen LogP contribution in [0, 0.1) is 5.92 Å². The van der Waals surface area contributed by atoms with Crippen LogP contribution in [0.2, 0.25) is 0 Å². The molecule has 0 aliphatic carbocycles. The molecule has 0 saturated carbocycles. The van der Waals surface area contributed by atoms with E-state index in [9.17, 15) is 5.11 Å². The molecule has 4 heteroatoms. The molecule has 2 rings (SSSR count). The van der Waals surface area contributed by atoms with E-state index in [1.807, 2.05) is 0 Å². The fraction of sp³-hybridized carbons (Fsp3) is 0.800. The number of hydrogen-bond donors (Lipinski definition) is 1. The normalized spacial score (nSPS) is 24.8. The molecule has 2 heterocycles. The standard InChI is InChI=1S/C15H26N2OS/c1-10-6-7-17(11(2)8-10)14-16-13(15(3,4)5)12(9-18)19-14/h10-11,18H,6-9H2,1-5H3. The van der Waals surface area contributed by atoms with Crippen molar-refractivity contribution in [3.63, 3.8) is 0 Å². The maximum absolute atomic E-state index is 9.55. The molecule has 0 amide bonds. The van der Waals surface area contributed by atoms with Crippen LogP contribution in [0.15, 0.2) is 0 Å². The van der Waals surface area contributed by atoms with Gasteiger partial charge < -0.3 is 10.0 Å². The van der Waals surface area contributed by atoms with Gasteiger partial charge in [0.2, 0.25) is 0 Å². The number of aliphatic hydroxyl groups excluding tert-OH is 1. The van der Waals surface area contributed by atoms with Crippen LogP contribution in [0.1, 0.15) is 58.0 Å². The molecule has 108 valence electrons. The number of anilines is 1. The molecule has 1 aromatic rings. The third-order valence-electron chi connectivity index (χ3n) is 3.92. The number of thiazole rings is 1. The van der Waals surface area contributed by atoms with Crippen molar-refractivity contribution in [2.24, 2.45) is 5.92 Å². The lowest BCUT2D eigenvalue weighted by molar-refractivity contribution is 0.282. The third kappa shape index (κ3) is 3.11. The van der Waals surface area contributed by atoms with Gasteiger partial charge in [-0.15, -0.1) is 0 Å². The molecule has 1 fully saturated rings. The van der Waals surface area contributed by atoms with E-state index in [1.54, 1.807) is 11.3 Å². The molecular weight excluding hydrogens is 256 g/mol. The van der Waals surface area contributed by atoms with Crippen molar-refractivity contribution >= 4 is 16.5 Å². The van der Waals surface area contributed by atoms with Crippen LogP contribution in [0.3, 0.4) is 0 Å².